The van der Waals surface area contributed by atoms with E-state index in [0.717, 1.165) is 70.6 Å². The number of fused-ring (bicyclic) bond motifs is 1. The van der Waals surface area contributed by atoms with Crippen molar-refractivity contribution in [3.63, 3.8) is 0 Å². The summed E-state index contributed by atoms with van der Waals surface area (Å²) in [5, 5.41) is 6.03. The molecule has 7 nitrogen and oxygen atoms in total. The maximum atomic E-state index is 13.5. The van der Waals surface area contributed by atoms with Crippen LogP contribution in [-0.4, -0.2) is 36.1 Å². The lowest BCUT2D eigenvalue weighted by molar-refractivity contribution is -0.123. The van der Waals surface area contributed by atoms with Crippen LogP contribution >= 0.6 is 0 Å². The minimum absolute atomic E-state index is 0.152. The van der Waals surface area contributed by atoms with Gasteiger partial charge in [-0.25, -0.2) is 4.98 Å². The van der Waals surface area contributed by atoms with Crippen LogP contribution in [0.4, 0.5) is 11.5 Å². The summed E-state index contributed by atoms with van der Waals surface area (Å²) in [6, 6.07) is 8.31. The summed E-state index contributed by atoms with van der Waals surface area (Å²) in [5.74, 6) is 1.32. The van der Waals surface area contributed by atoms with Crippen molar-refractivity contribution in [1.82, 2.24) is 10.3 Å². The van der Waals surface area contributed by atoms with Crippen molar-refractivity contribution in [2.75, 3.05) is 17.3 Å². The van der Waals surface area contributed by atoms with Crippen molar-refractivity contribution in [3.05, 3.63) is 82.3 Å². The predicted molar refractivity (Wildman–Crippen MR) is 174 cm³/mol. The molecule has 1 aliphatic heterocycles. The van der Waals surface area contributed by atoms with Crippen molar-refractivity contribution in [1.29, 1.82) is 0 Å². The summed E-state index contributed by atoms with van der Waals surface area (Å²) in [6.45, 7) is 18.6. The third-order valence-electron chi connectivity index (χ3n) is 8.77. The maximum Gasteiger partial charge on any atom is 0.251 e. The van der Waals surface area contributed by atoms with Crippen molar-refractivity contribution >= 4 is 35.1 Å². The number of nitrogens with one attached hydrogen (secondary N) is 2. The molecule has 7 heteroatoms. The number of amides is 2. The monoisotopic (exact) mass is 567 g/mol. The second-order valence-electron chi connectivity index (χ2n) is 12.0. The Balaban J connectivity index is 1.65. The molecule has 1 saturated carbocycles. The number of rotatable bonds is 10. The first-order valence-electron chi connectivity index (χ1n) is 15.0. The number of aliphatic imine (C=N–C) groups is 1. The van der Waals surface area contributed by atoms with Crippen molar-refractivity contribution in [3.8, 4) is 0 Å². The number of carbonyl (C=O) groups excluding carboxylic acids is 2. The maximum absolute atomic E-state index is 13.5. The molecule has 0 spiro atoms. The number of hydrogen-bond acceptors (Lipinski definition) is 5. The first-order chi connectivity index (χ1) is 19.9. The molecule has 2 aliphatic rings. The molecule has 4 rings (SSSR count). The fourth-order valence-electron chi connectivity index (χ4n) is 5.72. The lowest BCUT2D eigenvalue weighted by Crippen LogP contribution is -2.49. The van der Waals surface area contributed by atoms with Crippen LogP contribution in [0.5, 0.6) is 0 Å². The Morgan fingerprint density at radius 3 is 2.57 bits per heavy atom. The highest BCUT2D eigenvalue weighted by atomic mass is 16.2. The summed E-state index contributed by atoms with van der Waals surface area (Å²) in [6.07, 6.45) is 9.66. The van der Waals surface area contributed by atoms with E-state index in [1.165, 1.54) is 0 Å². The highest BCUT2D eigenvalue weighted by Gasteiger charge is 2.48. The second kappa shape index (κ2) is 12.5. The third-order valence-corrected chi connectivity index (χ3v) is 8.77. The third kappa shape index (κ3) is 5.96. The molecule has 2 heterocycles. The van der Waals surface area contributed by atoms with Crippen molar-refractivity contribution in [2.24, 2.45) is 10.9 Å². The Morgan fingerprint density at radius 1 is 1.21 bits per heavy atom. The molecule has 0 saturated heterocycles. The lowest BCUT2D eigenvalue weighted by Gasteiger charge is -2.41. The molecule has 2 amide bonds. The molecule has 0 atom stereocenters. The zero-order valence-corrected chi connectivity index (χ0v) is 26.4. The first kappa shape index (κ1) is 30.9. The van der Waals surface area contributed by atoms with Crippen LogP contribution in [0.1, 0.15) is 94.3 Å². The predicted octanol–water partition coefficient (Wildman–Crippen LogP) is 7.35. The van der Waals surface area contributed by atoms with Gasteiger partial charge in [-0.05, 0) is 106 Å². The Morgan fingerprint density at radius 2 is 1.93 bits per heavy atom. The van der Waals surface area contributed by atoms with Gasteiger partial charge in [0, 0.05) is 42.4 Å². The molecule has 1 aliphatic carbocycles. The van der Waals surface area contributed by atoms with Gasteiger partial charge in [0.05, 0.1) is 11.1 Å². The largest absolute Gasteiger partial charge is 0.355 e. The number of pyridine rings is 1. The van der Waals surface area contributed by atoms with Crippen LogP contribution in [0, 0.1) is 12.8 Å². The van der Waals surface area contributed by atoms with E-state index in [-0.39, 0.29) is 17.9 Å². The molecule has 0 unspecified atom stereocenters. The van der Waals surface area contributed by atoms with Gasteiger partial charge in [0.25, 0.3) is 5.91 Å². The minimum atomic E-state index is -0.539. The van der Waals surface area contributed by atoms with E-state index in [2.05, 4.69) is 52.2 Å². The van der Waals surface area contributed by atoms with E-state index in [0.29, 0.717) is 17.3 Å². The second-order valence-corrected chi connectivity index (χ2v) is 12.0. The van der Waals surface area contributed by atoms with E-state index < -0.39 is 5.41 Å². The molecule has 1 aromatic carbocycles. The molecular weight excluding hydrogens is 522 g/mol. The number of nitrogens with zero attached hydrogens (tertiary/aromatic N) is 3. The highest BCUT2D eigenvalue weighted by molar-refractivity contribution is 6.08. The van der Waals surface area contributed by atoms with Gasteiger partial charge in [-0.2, -0.15) is 0 Å². The normalized spacial score (nSPS) is 20.2. The number of hydrogen-bond donors (Lipinski definition) is 2. The molecule has 2 N–H and O–H groups in total. The summed E-state index contributed by atoms with van der Waals surface area (Å²) >= 11 is 0. The van der Waals surface area contributed by atoms with E-state index in [4.69, 9.17) is 4.99 Å². The molecule has 0 bridgehead atoms. The molecule has 1 aromatic heterocycles. The number of aromatic nitrogens is 1. The number of carbonyl (C=O) groups is 2. The van der Waals surface area contributed by atoms with Gasteiger partial charge in [0.15, 0.2) is 0 Å². The molecule has 222 valence electrons. The van der Waals surface area contributed by atoms with Gasteiger partial charge in [-0.15, -0.1) is 0 Å². The number of allylic oxidation sites excluding steroid dienone is 4. The van der Waals surface area contributed by atoms with Gasteiger partial charge in [0.1, 0.15) is 5.82 Å². The zero-order chi connectivity index (χ0) is 30.8. The van der Waals surface area contributed by atoms with Gasteiger partial charge < -0.3 is 15.5 Å². The number of benzene rings is 1. The summed E-state index contributed by atoms with van der Waals surface area (Å²) in [7, 11) is 1.62. The quantitative estimate of drug-likeness (QED) is 0.232. The Kier molecular flexibility index (Phi) is 9.19. The van der Waals surface area contributed by atoms with Crippen LogP contribution in [0.15, 0.2) is 65.1 Å². The summed E-state index contributed by atoms with van der Waals surface area (Å²) in [5.41, 5.74) is 7.30. The first-order valence-corrected chi connectivity index (χ1v) is 15.0. The Hall–Kier alpha value is -4.00. The Labute approximate surface area is 250 Å². The average molecular weight is 568 g/mol. The standard InChI is InChI=1S/C35H45N5O2/c1-10-14-37-30(23(5)24(6)39-32-19-28(33(41)36-9)22(4)20-38-32)15-21(3)26-12-13-29-31(18-26)40(34(42)35(29,7)8)27-16-25(11-2)17-27/h12-15,18-20,25,27H,3,10-11,16-17H2,1-2,4-9H3,(H,36,41)(H,38,39)/b24-23+,30-15+,37-14?. The van der Waals surface area contributed by atoms with Crippen LogP contribution in [0.2, 0.25) is 0 Å². The van der Waals surface area contributed by atoms with E-state index in [1.54, 1.807) is 19.3 Å². The molecular formula is C35H45N5O2. The molecule has 42 heavy (non-hydrogen) atoms. The SMILES string of the molecule is C=C(/C=C(N=CCC)\C(C)=C(/C)Nc1cc(C(=O)NC)c(C)cn1)c1ccc2c(c1)N(C1CC(CC)C1)C(=O)C2(C)C. The number of anilines is 2. The fourth-order valence-corrected chi connectivity index (χ4v) is 5.72. The average Bonchev–Trinajstić information content (AvgIpc) is 3.14. The van der Waals surface area contributed by atoms with Crippen LogP contribution < -0.4 is 15.5 Å². The van der Waals surface area contributed by atoms with Crippen LogP contribution in [-0.2, 0) is 10.2 Å². The summed E-state index contributed by atoms with van der Waals surface area (Å²) in [4.78, 5) is 37.1. The smallest absolute Gasteiger partial charge is 0.251 e. The van der Waals surface area contributed by atoms with Crippen LogP contribution in [0.3, 0.4) is 0 Å². The van der Waals surface area contributed by atoms with Crippen molar-refractivity contribution in [2.45, 2.75) is 85.6 Å². The Bertz CT molecular complexity index is 1490. The summed E-state index contributed by atoms with van der Waals surface area (Å²) < 4.78 is 0. The van der Waals surface area contributed by atoms with Gasteiger partial charge >= 0.3 is 0 Å². The minimum Gasteiger partial charge on any atom is -0.355 e. The van der Waals surface area contributed by atoms with Gasteiger partial charge in [-0.3, -0.25) is 14.6 Å². The number of aryl methyl sites for hydroxylation is 1. The topological polar surface area (TPSA) is 86.7 Å². The van der Waals surface area contributed by atoms with Crippen LogP contribution in [0.25, 0.3) is 5.57 Å². The van der Waals surface area contributed by atoms with Crippen molar-refractivity contribution < 1.29 is 9.59 Å². The zero-order valence-electron chi connectivity index (χ0n) is 26.4. The van der Waals surface area contributed by atoms with E-state index >= 15 is 0 Å². The molecule has 2 aromatic rings. The van der Waals surface area contributed by atoms with E-state index in [1.807, 2.05) is 53.8 Å². The lowest BCUT2D eigenvalue weighted by atomic mass is 9.77. The highest BCUT2D eigenvalue weighted by Crippen LogP contribution is 2.48. The fraction of sp³-hybridized carbons (Fsp3) is 0.429. The van der Waals surface area contributed by atoms with Gasteiger partial charge in [-0.1, -0.05) is 39.0 Å². The van der Waals surface area contributed by atoms with Gasteiger partial charge in [0.2, 0.25) is 5.91 Å². The molecule has 0 radical (unpaired) electrons. The molecule has 1 fully saturated rings. The van der Waals surface area contributed by atoms with E-state index in [9.17, 15) is 9.59 Å².